The Bertz CT molecular complexity index is 427. The lowest BCUT2D eigenvalue weighted by molar-refractivity contribution is -0.139. The molecule has 0 saturated carbocycles. The van der Waals surface area contributed by atoms with Crippen LogP contribution in [0.3, 0.4) is 0 Å². The maximum atomic E-state index is 13.1. The van der Waals surface area contributed by atoms with Crippen LogP contribution in [0.2, 0.25) is 0 Å². The largest absolute Gasteiger partial charge is 0.417 e. The molecule has 0 fully saturated rings. The van der Waals surface area contributed by atoms with Gasteiger partial charge in [0.05, 0.1) is 12.2 Å². The second-order valence-electron chi connectivity index (χ2n) is 4.42. The van der Waals surface area contributed by atoms with Crippen molar-refractivity contribution < 1.29 is 23.0 Å². The first kappa shape index (κ1) is 18.3. The van der Waals surface area contributed by atoms with Crippen LogP contribution in [0.1, 0.15) is 17.5 Å². The number of rotatable bonds is 9. The maximum absolute atomic E-state index is 13.1. The van der Waals surface area contributed by atoms with Crippen LogP contribution in [0, 0.1) is 0 Å². The summed E-state index contributed by atoms with van der Waals surface area (Å²) in [6, 6.07) is 4.37. The van der Waals surface area contributed by atoms with Crippen molar-refractivity contribution in [3.05, 3.63) is 29.3 Å². The van der Waals surface area contributed by atoms with Gasteiger partial charge >= 0.3 is 6.18 Å². The molecule has 0 aliphatic carbocycles. The Kier molecular flexibility index (Phi) is 8.10. The fourth-order valence-corrected chi connectivity index (χ4v) is 2.68. The van der Waals surface area contributed by atoms with Gasteiger partial charge in [0.1, 0.15) is 0 Å². The fourth-order valence-electron chi connectivity index (χ4n) is 1.69. The van der Waals surface area contributed by atoms with Crippen LogP contribution >= 0.6 is 11.8 Å². The minimum atomic E-state index is -4.37. The fraction of sp³-hybridized carbons (Fsp3) is 0.571. The lowest BCUT2D eigenvalue weighted by Crippen LogP contribution is -2.19. The molecule has 0 spiro atoms. The predicted octanol–water partition coefficient (Wildman–Crippen LogP) is 2.92. The quantitative estimate of drug-likeness (QED) is 0.542. The summed E-state index contributed by atoms with van der Waals surface area (Å²) in [4.78, 5) is 0.205. The van der Waals surface area contributed by atoms with Gasteiger partial charge in [-0.15, -0.1) is 11.8 Å². The number of thioether (sulfide) groups is 1. The monoisotopic (exact) mass is 323 g/mol. The van der Waals surface area contributed by atoms with Crippen molar-refractivity contribution in [2.24, 2.45) is 0 Å². The van der Waals surface area contributed by atoms with Crippen molar-refractivity contribution in [2.75, 3.05) is 32.6 Å². The zero-order valence-corrected chi connectivity index (χ0v) is 12.7. The molecule has 1 rings (SSSR count). The molecule has 0 atom stereocenters. The molecule has 0 aromatic heterocycles. The summed E-state index contributed by atoms with van der Waals surface area (Å²) in [6.45, 7) is 1.45. The molecule has 0 aliphatic rings. The molecule has 0 aliphatic heterocycles. The molecule has 0 saturated heterocycles. The summed E-state index contributed by atoms with van der Waals surface area (Å²) in [5, 5.41) is 11.7. The Morgan fingerprint density at radius 1 is 1.33 bits per heavy atom. The highest BCUT2D eigenvalue weighted by Gasteiger charge is 2.33. The van der Waals surface area contributed by atoms with Crippen LogP contribution < -0.4 is 5.32 Å². The molecule has 3 nitrogen and oxygen atoms in total. The van der Waals surface area contributed by atoms with Crippen molar-refractivity contribution in [3.63, 3.8) is 0 Å². The summed E-state index contributed by atoms with van der Waals surface area (Å²) in [7, 11) is 1.57. The van der Waals surface area contributed by atoms with Crippen LogP contribution in [-0.2, 0) is 17.5 Å². The second-order valence-corrected chi connectivity index (χ2v) is 5.56. The molecule has 0 radical (unpaired) electrons. The van der Waals surface area contributed by atoms with Crippen LogP contribution in [0.4, 0.5) is 13.2 Å². The second kappa shape index (κ2) is 9.30. The number of alkyl halides is 3. The maximum Gasteiger partial charge on any atom is 0.417 e. The molecule has 0 bridgehead atoms. The molecule has 0 unspecified atom stereocenters. The van der Waals surface area contributed by atoms with E-state index in [1.807, 2.05) is 0 Å². The summed E-state index contributed by atoms with van der Waals surface area (Å²) < 4.78 is 44.1. The average Bonchev–Trinajstić information content (AvgIpc) is 2.44. The Hall–Kier alpha value is -0.760. The van der Waals surface area contributed by atoms with E-state index in [0.717, 1.165) is 11.8 Å². The van der Waals surface area contributed by atoms with Crippen LogP contribution in [-0.4, -0.2) is 37.7 Å². The number of ether oxygens (including phenoxy) is 1. The SMILES string of the molecule is COCCNCc1ccc(SCCCO)c(C(F)(F)F)c1. The molecule has 0 heterocycles. The van der Waals surface area contributed by atoms with E-state index in [1.54, 1.807) is 13.2 Å². The van der Waals surface area contributed by atoms with Gasteiger partial charge in [-0.1, -0.05) is 6.07 Å². The first-order chi connectivity index (χ1) is 9.99. The van der Waals surface area contributed by atoms with E-state index in [2.05, 4.69) is 5.32 Å². The van der Waals surface area contributed by atoms with Gasteiger partial charge < -0.3 is 15.2 Å². The summed E-state index contributed by atoms with van der Waals surface area (Å²) in [5.74, 6) is 0.463. The van der Waals surface area contributed by atoms with Gasteiger partial charge in [-0.3, -0.25) is 0 Å². The molecular formula is C14H20F3NO2S. The van der Waals surface area contributed by atoms with Gasteiger partial charge in [0.25, 0.3) is 0 Å². The van der Waals surface area contributed by atoms with Crippen LogP contribution in [0.15, 0.2) is 23.1 Å². The molecule has 1 aromatic carbocycles. The highest BCUT2D eigenvalue weighted by atomic mass is 32.2. The van der Waals surface area contributed by atoms with Gasteiger partial charge in [0.2, 0.25) is 0 Å². The number of nitrogens with one attached hydrogen (secondary N) is 1. The van der Waals surface area contributed by atoms with Crippen molar-refractivity contribution in [3.8, 4) is 0 Å². The Morgan fingerprint density at radius 2 is 2.10 bits per heavy atom. The van der Waals surface area contributed by atoms with E-state index >= 15 is 0 Å². The van der Waals surface area contributed by atoms with Crippen molar-refractivity contribution in [1.29, 1.82) is 0 Å². The number of benzene rings is 1. The molecule has 21 heavy (non-hydrogen) atoms. The summed E-state index contributed by atoms with van der Waals surface area (Å²) >= 11 is 1.12. The Labute approximate surface area is 126 Å². The topological polar surface area (TPSA) is 41.5 Å². The average molecular weight is 323 g/mol. The minimum Gasteiger partial charge on any atom is -0.396 e. The Balaban J connectivity index is 2.76. The zero-order chi connectivity index (χ0) is 15.7. The standard InChI is InChI=1S/C14H20F3NO2S/c1-20-7-5-18-10-11-3-4-13(21-8-2-6-19)12(9-11)14(15,16)17/h3-4,9,18-19H,2,5-8,10H2,1H3. The molecule has 7 heteroatoms. The smallest absolute Gasteiger partial charge is 0.396 e. The van der Waals surface area contributed by atoms with Crippen LogP contribution in [0.5, 0.6) is 0 Å². The normalized spacial score (nSPS) is 11.9. The lowest BCUT2D eigenvalue weighted by Gasteiger charge is -2.14. The van der Waals surface area contributed by atoms with Gasteiger partial charge in [0, 0.05) is 37.5 Å². The predicted molar refractivity (Wildman–Crippen MR) is 77.5 cm³/mol. The minimum absolute atomic E-state index is 0.0180. The van der Waals surface area contributed by atoms with Gasteiger partial charge in [-0.2, -0.15) is 13.2 Å². The lowest BCUT2D eigenvalue weighted by atomic mass is 10.1. The van der Waals surface area contributed by atoms with E-state index < -0.39 is 11.7 Å². The van der Waals surface area contributed by atoms with Crippen molar-refractivity contribution in [2.45, 2.75) is 24.0 Å². The van der Waals surface area contributed by atoms with Gasteiger partial charge in [-0.25, -0.2) is 0 Å². The number of hydrogen-bond acceptors (Lipinski definition) is 4. The van der Waals surface area contributed by atoms with Crippen LogP contribution in [0.25, 0.3) is 0 Å². The highest BCUT2D eigenvalue weighted by Crippen LogP contribution is 2.37. The highest BCUT2D eigenvalue weighted by molar-refractivity contribution is 7.99. The molecule has 120 valence electrons. The number of aliphatic hydroxyl groups excluding tert-OH is 1. The third-order valence-corrected chi connectivity index (χ3v) is 3.88. The molecule has 0 amide bonds. The van der Waals surface area contributed by atoms with E-state index in [-0.39, 0.29) is 11.5 Å². The summed E-state index contributed by atoms with van der Waals surface area (Å²) in [6.07, 6.45) is -3.90. The molecular weight excluding hydrogens is 303 g/mol. The number of aliphatic hydroxyl groups is 1. The molecule has 2 N–H and O–H groups in total. The van der Waals surface area contributed by atoms with Crippen molar-refractivity contribution >= 4 is 11.8 Å². The number of methoxy groups -OCH3 is 1. The third kappa shape index (κ3) is 6.69. The van der Waals surface area contributed by atoms with E-state index in [1.165, 1.54) is 12.1 Å². The van der Waals surface area contributed by atoms with E-state index in [4.69, 9.17) is 9.84 Å². The summed E-state index contributed by atoms with van der Waals surface area (Å²) in [5.41, 5.74) is -0.0265. The van der Waals surface area contributed by atoms with E-state index in [9.17, 15) is 13.2 Å². The number of halogens is 3. The van der Waals surface area contributed by atoms with Gasteiger partial charge in [0.15, 0.2) is 0 Å². The van der Waals surface area contributed by atoms with Crippen molar-refractivity contribution in [1.82, 2.24) is 5.32 Å². The molecule has 1 aromatic rings. The first-order valence-corrected chi connectivity index (χ1v) is 7.61. The van der Waals surface area contributed by atoms with E-state index in [0.29, 0.717) is 37.4 Å². The zero-order valence-electron chi connectivity index (χ0n) is 11.9. The third-order valence-electron chi connectivity index (χ3n) is 2.72. The number of hydrogen-bond donors (Lipinski definition) is 2. The first-order valence-electron chi connectivity index (χ1n) is 6.62. The van der Waals surface area contributed by atoms with Gasteiger partial charge in [-0.05, 0) is 24.1 Å². The Morgan fingerprint density at radius 3 is 2.71 bits per heavy atom.